The second-order valence-electron chi connectivity index (χ2n) is 10.3. The Morgan fingerprint density at radius 3 is 2.79 bits per heavy atom. The van der Waals surface area contributed by atoms with E-state index in [2.05, 4.69) is 27.3 Å². The summed E-state index contributed by atoms with van der Waals surface area (Å²) in [6.45, 7) is 3.30. The van der Waals surface area contributed by atoms with Crippen LogP contribution in [0.4, 0.5) is 5.13 Å². The standard InChI is InChI=1S/C25H38N6O2S/c1-29(19-10-3-2-4-11-19)15-8-14-26-22(32)18-9-7-16-30(17-18)25-28-31-23(33)20-12-5-6-13-21(20)27-24(31)34-25/h18-19H,2-17H2,1H3,(H,26,32). The normalized spacial score (nSPS) is 21.7. The number of nitrogens with zero attached hydrogens (tertiary/aromatic N) is 5. The lowest BCUT2D eigenvalue weighted by atomic mass is 9.94. The summed E-state index contributed by atoms with van der Waals surface area (Å²) in [5.74, 6) is 0.117. The molecule has 0 bridgehead atoms. The number of anilines is 1. The van der Waals surface area contributed by atoms with Gasteiger partial charge in [-0.3, -0.25) is 9.59 Å². The van der Waals surface area contributed by atoms with Gasteiger partial charge in [-0.25, -0.2) is 4.98 Å². The SMILES string of the molecule is CN(CCCNC(=O)C1CCCN(c2nn3c(=O)c4c(nc3s2)CCCC4)C1)C1CCCCC1. The summed E-state index contributed by atoms with van der Waals surface area (Å²) in [7, 11) is 2.23. The molecule has 2 fully saturated rings. The summed E-state index contributed by atoms with van der Waals surface area (Å²) < 4.78 is 1.48. The van der Waals surface area contributed by atoms with Crippen LogP contribution in [0.25, 0.3) is 4.96 Å². The average molecular weight is 487 g/mol. The van der Waals surface area contributed by atoms with E-state index in [4.69, 9.17) is 4.98 Å². The minimum Gasteiger partial charge on any atom is -0.356 e. The number of rotatable bonds is 7. The van der Waals surface area contributed by atoms with Gasteiger partial charge in [0.05, 0.1) is 11.6 Å². The lowest BCUT2D eigenvalue weighted by Crippen LogP contribution is -2.44. The molecule has 1 unspecified atom stereocenters. The predicted octanol–water partition coefficient (Wildman–Crippen LogP) is 3.02. The van der Waals surface area contributed by atoms with Crippen LogP contribution in [0.3, 0.4) is 0 Å². The van der Waals surface area contributed by atoms with E-state index in [0.717, 1.165) is 87.0 Å². The Hall–Kier alpha value is -2.00. The molecule has 34 heavy (non-hydrogen) atoms. The molecule has 2 aromatic rings. The molecule has 9 heteroatoms. The van der Waals surface area contributed by atoms with E-state index in [1.807, 2.05) is 0 Å². The molecule has 186 valence electrons. The van der Waals surface area contributed by atoms with Gasteiger partial charge in [-0.15, -0.1) is 5.10 Å². The Kier molecular flexibility index (Phi) is 7.49. The zero-order valence-corrected chi connectivity index (χ0v) is 21.2. The topological polar surface area (TPSA) is 82.8 Å². The van der Waals surface area contributed by atoms with Gasteiger partial charge < -0.3 is 15.1 Å². The lowest BCUT2D eigenvalue weighted by Gasteiger charge is -2.32. The zero-order valence-electron chi connectivity index (χ0n) is 20.4. The number of aromatic nitrogens is 3. The van der Waals surface area contributed by atoms with Crippen molar-refractivity contribution in [3.05, 3.63) is 21.6 Å². The van der Waals surface area contributed by atoms with E-state index < -0.39 is 0 Å². The number of amides is 1. The molecule has 3 heterocycles. The maximum absolute atomic E-state index is 12.9. The van der Waals surface area contributed by atoms with Crippen LogP contribution < -0.4 is 15.8 Å². The molecule has 2 aliphatic carbocycles. The number of hydrogen-bond acceptors (Lipinski definition) is 7. The molecule has 1 N–H and O–H groups in total. The molecule has 1 amide bonds. The third-order valence-electron chi connectivity index (χ3n) is 7.92. The summed E-state index contributed by atoms with van der Waals surface area (Å²) in [4.78, 5) is 35.9. The lowest BCUT2D eigenvalue weighted by molar-refractivity contribution is -0.125. The van der Waals surface area contributed by atoms with Crippen molar-refractivity contribution in [3.8, 4) is 0 Å². The first-order valence-corrected chi connectivity index (χ1v) is 14.1. The molecule has 0 radical (unpaired) electrons. The summed E-state index contributed by atoms with van der Waals surface area (Å²) >= 11 is 1.47. The largest absolute Gasteiger partial charge is 0.356 e. The Bertz CT molecular complexity index is 1060. The summed E-state index contributed by atoms with van der Waals surface area (Å²) in [6, 6.07) is 0.720. The van der Waals surface area contributed by atoms with Crippen LogP contribution in [0.1, 0.15) is 75.5 Å². The van der Waals surface area contributed by atoms with Crippen molar-refractivity contribution in [1.29, 1.82) is 0 Å². The number of piperidine rings is 1. The van der Waals surface area contributed by atoms with Crippen LogP contribution in [0, 0.1) is 5.92 Å². The summed E-state index contributed by atoms with van der Waals surface area (Å²) in [6.07, 6.45) is 13.4. The molecule has 0 spiro atoms. The van der Waals surface area contributed by atoms with Gasteiger partial charge in [0.25, 0.3) is 5.56 Å². The van der Waals surface area contributed by atoms with Crippen molar-refractivity contribution in [2.45, 2.75) is 83.1 Å². The van der Waals surface area contributed by atoms with Crippen LogP contribution in [0.5, 0.6) is 0 Å². The molecule has 1 saturated carbocycles. The van der Waals surface area contributed by atoms with Crippen molar-refractivity contribution in [2.24, 2.45) is 5.92 Å². The third-order valence-corrected chi connectivity index (χ3v) is 8.89. The number of nitrogens with one attached hydrogen (secondary N) is 1. The van der Waals surface area contributed by atoms with Gasteiger partial charge in [0, 0.05) is 31.2 Å². The van der Waals surface area contributed by atoms with Crippen molar-refractivity contribution in [2.75, 3.05) is 38.1 Å². The fourth-order valence-electron chi connectivity index (χ4n) is 5.84. The molecule has 1 saturated heterocycles. The van der Waals surface area contributed by atoms with E-state index >= 15 is 0 Å². The fraction of sp³-hybridized carbons (Fsp3) is 0.760. The monoisotopic (exact) mass is 486 g/mol. The van der Waals surface area contributed by atoms with Gasteiger partial charge in [-0.1, -0.05) is 30.6 Å². The minimum atomic E-state index is -0.0327. The number of fused-ring (bicyclic) bond motifs is 2. The van der Waals surface area contributed by atoms with Crippen molar-refractivity contribution in [1.82, 2.24) is 24.8 Å². The summed E-state index contributed by atoms with van der Waals surface area (Å²) in [5.41, 5.74) is 1.79. The van der Waals surface area contributed by atoms with Gasteiger partial charge in [0.1, 0.15) is 0 Å². The Balaban J connectivity index is 1.15. The van der Waals surface area contributed by atoms with Crippen LogP contribution >= 0.6 is 11.3 Å². The van der Waals surface area contributed by atoms with Crippen LogP contribution in [-0.4, -0.2) is 64.7 Å². The Labute approximate surface area is 205 Å². The van der Waals surface area contributed by atoms with E-state index in [1.54, 1.807) is 0 Å². The first kappa shape index (κ1) is 23.7. The average Bonchev–Trinajstić information content (AvgIpc) is 3.32. The number of aryl methyl sites for hydroxylation is 1. The zero-order chi connectivity index (χ0) is 23.5. The highest BCUT2D eigenvalue weighted by molar-refractivity contribution is 7.20. The van der Waals surface area contributed by atoms with Gasteiger partial charge in [0.15, 0.2) is 0 Å². The van der Waals surface area contributed by atoms with Gasteiger partial charge >= 0.3 is 0 Å². The van der Waals surface area contributed by atoms with E-state index in [1.165, 1.54) is 48.0 Å². The number of carbonyl (C=O) groups is 1. The van der Waals surface area contributed by atoms with Crippen LogP contribution in [-0.2, 0) is 17.6 Å². The van der Waals surface area contributed by atoms with Crippen molar-refractivity contribution in [3.63, 3.8) is 0 Å². The Morgan fingerprint density at radius 2 is 1.94 bits per heavy atom. The molecule has 1 atom stereocenters. The van der Waals surface area contributed by atoms with Crippen LogP contribution in [0.15, 0.2) is 4.79 Å². The highest BCUT2D eigenvalue weighted by Crippen LogP contribution is 2.28. The highest BCUT2D eigenvalue weighted by atomic mass is 32.1. The molecular formula is C25H38N6O2S. The van der Waals surface area contributed by atoms with Gasteiger partial charge in [-0.05, 0) is 71.4 Å². The fourth-order valence-corrected chi connectivity index (χ4v) is 6.79. The van der Waals surface area contributed by atoms with Crippen molar-refractivity contribution < 1.29 is 4.79 Å². The molecule has 8 nitrogen and oxygen atoms in total. The van der Waals surface area contributed by atoms with Gasteiger partial charge in [0.2, 0.25) is 16.0 Å². The first-order chi connectivity index (χ1) is 16.6. The van der Waals surface area contributed by atoms with E-state index in [-0.39, 0.29) is 17.4 Å². The van der Waals surface area contributed by atoms with Crippen LogP contribution in [0.2, 0.25) is 0 Å². The molecular weight excluding hydrogens is 448 g/mol. The minimum absolute atomic E-state index is 0.00769. The first-order valence-electron chi connectivity index (χ1n) is 13.2. The van der Waals surface area contributed by atoms with E-state index in [0.29, 0.717) is 11.5 Å². The molecule has 2 aromatic heterocycles. The predicted molar refractivity (Wildman–Crippen MR) is 136 cm³/mol. The number of hydrogen-bond donors (Lipinski definition) is 1. The molecule has 3 aliphatic rings. The third kappa shape index (κ3) is 5.15. The maximum atomic E-state index is 12.9. The second kappa shape index (κ2) is 10.7. The number of carbonyl (C=O) groups excluding carboxylic acids is 1. The smallest absolute Gasteiger partial charge is 0.278 e. The Morgan fingerprint density at radius 1 is 1.12 bits per heavy atom. The van der Waals surface area contributed by atoms with E-state index in [9.17, 15) is 9.59 Å². The second-order valence-corrected chi connectivity index (χ2v) is 11.3. The molecule has 0 aromatic carbocycles. The molecule has 5 rings (SSSR count). The molecule has 1 aliphatic heterocycles. The van der Waals surface area contributed by atoms with Gasteiger partial charge in [-0.2, -0.15) is 4.52 Å². The van der Waals surface area contributed by atoms with Crippen molar-refractivity contribution >= 4 is 27.3 Å². The quantitative estimate of drug-likeness (QED) is 0.606. The highest BCUT2D eigenvalue weighted by Gasteiger charge is 2.28. The maximum Gasteiger partial charge on any atom is 0.278 e. The summed E-state index contributed by atoms with van der Waals surface area (Å²) in [5, 5.41) is 8.61.